The lowest BCUT2D eigenvalue weighted by atomic mass is 9.91. The molecule has 1 aliphatic carbocycles. The Bertz CT molecular complexity index is 265. The zero-order chi connectivity index (χ0) is 11.8. The standard InChI is InChI=1S/C13H24N2O/c1-9-6-13(2,3)7-11(9)15-10-4-5-12(16)14-8-10/h9-11,15H,4-8H2,1-3H3,(H,14,16). The number of hydrogen-bond acceptors (Lipinski definition) is 2. The van der Waals surface area contributed by atoms with E-state index in [4.69, 9.17) is 0 Å². The Labute approximate surface area is 98.4 Å². The summed E-state index contributed by atoms with van der Waals surface area (Å²) in [7, 11) is 0. The zero-order valence-corrected chi connectivity index (χ0v) is 10.7. The minimum Gasteiger partial charge on any atom is -0.355 e. The summed E-state index contributed by atoms with van der Waals surface area (Å²) in [6.07, 6.45) is 4.25. The smallest absolute Gasteiger partial charge is 0.220 e. The van der Waals surface area contributed by atoms with Crippen molar-refractivity contribution in [3.05, 3.63) is 0 Å². The lowest BCUT2D eigenvalue weighted by molar-refractivity contribution is -0.122. The van der Waals surface area contributed by atoms with Gasteiger partial charge in [-0.25, -0.2) is 0 Å². The Morgan fingerprint density at radius 1 is 1.38 bits per heavy atom. The van der Waals surface area contributed by atoms with Crippen molar-refractivity contribution in [2.24, 2.45) is 11.3 Å². The Balaban J connectivity index is 1.84. The molecule has 0 radical (unpaired) electrons. The van der Waals surface area contributed by atoms with Crippen LogP contribution in [0.15, 0.2) is 0 Å². The summed E-state index contributed by atoms with van der Waals surface area (Å²) < 4.78 is 0. The van der Waals surface area contributed by atoms with Crippen LogP contribution < -0.4 is 10.6 Å². The first-order valence-electron chi connectivity index (χ1n) is 6.49. The van der Waals surface area contributed by atoms with Crippen LogP contribution in [-0.2, 0) is 4.79 Å². The maximum absolute atomic E-state index is 11.1. The van der Waals surface area contributed by atoms with E-state index in [1.165, 1.54) is 12.8 Å². The molecule has 3 heteroatoms. The number of rotatable bonds is 2. The van der Waals surface area contributed by atoms with Gasteiger partial charge in [0.1, 0.15) is 0 Å². The van der Waals surface area contributed by atoms with Gasteiger partial charge >= 0.3 is 0 Å². The topological polar surface area (TPSA) is 41.1 Å². The number of amides is 1. The van der Waals surface area contributed by atoms with Crippen molar-refractivity contribution in [3.63, 3.8) is 0 Å². The van der Waals surface area contributed by atoms with E-state index in [0.717, 1.165) is 18.9 Å². The van der Waals surface area contributed by atoms with Gasteiger partial charge in [-0.1, -0.05) is 20.8 Å². The van der Waals surface area contributed by atoms with Gasteiger partial charge in [0.2, 0.25) is 5.91 Å². The normalized spacial score (nSPS) is 38.4. The Morgan fingerprint density at radius 2 is 2.12 bits per heavy atom. The van der Waals surface area contributed by atoms with E-state index in [1.807, 2.05) is 0 Å². The van der Waals surface area contributed by atoms with Crippen molar-refractivity contribution in [2.75, 3.05) is 6.54 Å². The zero-order valence-electron chi connectivity index (χ0n) is 10.7. The quantitative estimate of drug-likeness (QED) is 0.749. The molecule has 92 valence electrons. The lowest BCUT2D eigenvalue weighted by Crippen LogP contribution is -2.49. The summed E-state index contributed by atoms with van der Waals surface area (Å²) in [5, 5.41) is 6.67. The molecular weight excluding hydrogens is 200 g/mol. The highest BCUT2D eigenvalue weighted by Crippen LogP contribution is 2.41. The highest BCUT2D eigenvalue weighted by molar-refractivity contribution is 5.76. The molecule has 0 aromatic heterocycles. The number of nitrogens with one attached hydrogen (secondary N) is 2. The summed E-state index contributed by atoms with van der Waals surface area (Å²) in [5.74, 6) is 0.963. The van der Waals surface area contributed by atoms with E-state index in [-0.39, 0.29) is 5.91 Å². The second-order valence-corrected chi connectivity index (χ2v) is 6.36. The number of hydrogen-bond donors (Lipinski definition) is 2. The minimum absolute atomic E-state index is 0.206. The van der Waals surface area contributed by atoms with Crippen LogP contribution in [0.2, 0.25) is 0 Å². The van der Waals surface area contributed by atoms with Crippen molar-refractivity contribution >= 4 is 5.91 Å². The minimum atomic E-state index is 0.206. The van der Waals surface area contributed by atoms with Gasteiger partial charge in [0.15, 0.2) is 0 Å². The van der Waals surface area contributed by atoms with Gasteiger partial charge in [0.25, 0.3) is 0 Å². The Kier molecular flexibility index (Phi) is 3.24. The van der Waals surface area contributed by atoms with Crippen LogP contribution in [0.1, 0.15) is 46.5 Å². The molecule has 0 aromatic rings. The maximum atomic E-state index is 11.1. The summed E-state index contributed by atoms with van der Waals surface area (Å²) in [6.45, 7) is 7.86. The molecular formula is C13H24N2O. The molecule has 1 heterocycles. The largest absolute Gasteiger partial charge is 0.355 e. The van der Waals surface area contributed by atoms with Crippen LogP contribution in [0.3, 0.4) is 0 Å². The van der Waals surface area contributed by atoms with Gasteiger partial charge in [-0.2, -0.15) is 0 Å². The molecule has 2 rings (SSSR count). The van der Waals surface area contributed by atoms with Crippen molar-refractivity contribution in [3.8, 4) is 0 Å². The Morgan fingerprint density at radius 3 is 2.62 bits per heavy atom. The molecule has 1 saturated carbocycles. The fourth-order valence-corrected chi connectivity index (χ4v) is 3.29. The van der Waals surface area contributed by atoms with Gasteiger partial charge in [0, 0.05) is 25.0 Å². The average molecular weight is 224 g/mol. The van der Waals surface area contributed by atoms with E-state index >= 15 is 0 Å². The van der Waals surface area contributed by atoms with Crippen LogP contribution >= 0.6 is 0 Å². The first-order valence-corrected chi connectivity index (χ1v) is 6.49. The van der Waals surface area contributed by atoms with E-state index in [2.05, 4.69) is 31.4 Å². The molecule has 1 amide bonds. The molecule has 0 spiro atoms. The lowest BCUT2D eigenvalue weighted by Gasteiger charge is -2.29. The van der Waals surface area contributed by atoms with Crippen molar-refractivity contribution < 1.29 is 4.79 Å². The summed E-state index contributed by atoms with van der Waals surface area (Å²) >= 11 is 0. The molecule has 2 fully saturated rings. The fraction of sp³-hybridized carbons (Fsp3) is 0.923. The number of piperidine rings is 1. The predicted molar refractivity (Wildman–Crippen MR) is 65.1 cm³/mol. The van der Waals surface area contributed by atoms with Crippen molar-refractivity contribution in [1.82, 2.24) is 10.6 Å². The van der Waals surface area contributed by atoms with E-state index in [1.54, 1.807) is 0 Å². The van der Waals surface area contributed by atoms with Gasteiger partial charge in [-0.15, -0.1) is 0 Å². The van der Waals surface area contributed by atoms with E-state index in [0.29, 0.717) is 23.9 Å². The van der Waals surface area contributed by atoms with Gasteiger partial charge in [0.05, 0.1) is 0 Å². The van der Waals surface area contributed by atoms with Crippen LogP contribution in [0.4, 0.5) is 0 Å². The molecule has 3 unspecified atom stereocenters. The van der Waals surface area contributed by atoms with E-state index < -0.39 is 0 Å². The molecule has 0 bridgehead atoms. The highest BCUT2D eigenvalue weighted by atomic mass is 16.1. The average Bonchev–Trinajstić information content (AvgIpc) is 2.44. The number of carbonyl (C=O) groups is 1. The first kappa shape index (κ1) is 11.9. The second kappa shape index (κ2) is 4.36. The Hall–Kier alpha value is -0.570. The molecule has 1 aliphatic heterocycles. The van der Waals surface area contributed by atoms with Crippen LogP contribution in [0, 0.1) is 11.3 Å². The summed E-state index contributed by atoms with van der Waals surface area (Å²) in [5.41, 5.74) is 0.481. The van der Waals surface area contributed by atoms with Gasteiger partial charge in [-0.05, 0) is 30.6 Å². The number of carbonyl (C=O) groups excluding carboxylic acids is 1. The van der Waals surface area contributed by atoms with Crippen LogP contribution in [0.5, 0.6) is 0 Å². The molecule has 2 aliphatic rings. The van der Waals surface area contributed by atoms with Crippen molar-refractivity contribution in [1.29, 1.82) is 0 Å². The second-order valence-electron chi connectivity index (χ2n) is 6.36. The molecule has 1 saturated heterocycles. The molecule has 16 heavy (non-hydrogen) atoms. The third-order valence-electron chi connectivity index (χ3n) is 4.05. The monoisotopic (exact) mass is 224 g/mol. The maximum Gasteiger partial charge on any atom is 0.220 e. The summed E-state index contributed by atoms with van der Waals surface area (Å²) in [4.78, 5) is 11.1. The van der Waals surface area contributed by atoms with E-state index in [9.17, 15) is 4.79 Å². The summed E-state index contributed by atoms with van der Waals surface area (Å²) in [6, 6.07) is 1.12. The highest BCUT2D eigenvalue weighted by Gasteiger charge is 2.37. The molecule has 2 N–H and O–H groups in total. The van der Waals surface area contributed by atoms with Crippen molar-refractivity contribution in [2.45, 2.75) is 58.5 Å². The third-order valence-corrected chi connectivity index (χ3v) is 4.05. The molecule has 0 aromatic carbocycles. The van der Waals surface area contributed by atoms with Gasteiger partial charge < -0.3 is 10.6 Å². The molecule has 3 atom stereocenters. The predicted octanol–water partition coefficient (Wildman–Crippen LogP) is 1.68. The SMILES string of the molecule is CC1CC(C)(C)CC1NC1CCC(=O)NC1. The van der Waals surface area contributed by atoms with Crippen LogP contribution in [-0.4, -0.2) is 24.5 Å². The third kappa shape index (κ3) is 2.76. The molecule has 3 nitrogen and oxygen atoms in total. The van der Waals surface area contributed by atoms with Crippen LogP contribution in [0.25, 0.3) is 0 Å². The van der Waals surface area contributed by atoms with Gasteiger partial charge in [-0.3, -0.25) is 4.79 Å². The fourth-order valence-electron chi connectivity index (χ4n) is 3.29. The first-order chi connectivity index (χ1) is 7.46.